The molecule has 33 heavy (non-hydrogen) atoms. The fourth-order valence-corrected chi connectivity index (χ4v) is 3.54. The van der Waals surface area contributed by atoms with Gasteiger partial charge in [-0.2, -0.15) is 5.26 Å². The Balaban J connectivity index is 1.68. The molecule has 0 radical (unpaired) electrons. The molecule has 0 bridgehead atoms. The molecule has 0 saturated carbocycles. The Morgan fingerprint density at radius 2 is 2.03 bits per heavy atom. The van der Waals surface area contributed by atoms with E-state index in [2.05, 4.69) is 20.9 Å². The number of nitrogens with zero attached hydrogens (tertiary/aromatic N) is 4. The van der Waals surface area contributed by atoms with Gasteiger partial charge in [0.15, 0.2) is 0 Å². The summed E-state index contributed by atoms with van der Waals surface area (Å²) in [6, 6.07) is 13.1. The zero-order chi connectivity index (χ0) is 23.4. The zero-order valence-corrected chi connectivity index (χ0v) is 18.1. The van der Waals surface area contributed by atoms with Gasteiger partial charge in [-0.25, -0.2) is 4.98 Å². The van der Waals surface area contributed by atoms with Crippen molar-refractivity contribution in [1.29, 1.82) is 5.26 Å². The molecule has 9 heteroatoms. The van der Waals surface area contributed by atoms with Gasteiger partial charge >= 0.3 is 5.97 Å². The van der Waals surface area contributed by atoms with Crippen molar-refractivity contribution in [2.45, 2.75) is 13.0 Å². The number of hydrogen-bond donors (Lipinski definition) is 2. The molecule has 168 valence electrons. The lowest BCUT2D eigenvalue weighted by Crippen LogP contribution is -2.36. The Labute approximate surface area is 191 Å². The average molecular weight is 445 g/mol. The van der Waals surface area contributed by atoms with Gasteiger partial charge < -0.3 is 25.2 Å². The molecular formula is C24H23N5O4. The van der Waals surface area contributed by atoms with Crippen molar-refractivity contribution in [2.24, 2.45) is 5.73 Å². The number of aliphatic carboxylic acids is 1. The number of hydrogen-bond acceptors (Lipinski definition) is 8. The van der Waals surface area contributed by atoms with Gasteiger partial charge in [0.05, 0.1) is 30.5 Å². The first-order valence-electron chi connectivity index (χ1n) is 10.4. The van der Waals surface area contributed by atoms with Gasteiger partial charge in [0.25, 0.3) is 0 Å². The largest absolute Gasteiger partial charge is 0.480 e. The minimum atomic E-state index is -1.15. The first kappa shape index (κ1) is 22.2. The van der Waals surface area contributed by atoms with E-state index in [4.69, 9.17) is 20.3 Å². The minimum absolute atomic E-state index is 0.391. The highest BCUT2D eigenvalue weighted by molar-refractivity contribution is 5.75. The normalized spacial score (nSPS) is 14.4. The van der Waals surface area contributed by atoms with Gasteiger partial charge in [0.2, 0.25) is 0 Å². The summed E-state index contributed by atoms with van der Waals surface area (Å²) in [6.45, 7) is 4.69. The standard InChI is InChI=1S/C24H23N5O4/c1-15-10-18(12-22(28-15)29-6-8-32-9-7-29)33-21-11-16(13-25)2-4-19(21)20-5-3-17(14-27-20)23(26)24(30)31/h2-5,10-12,14,23H,6-9,26H2,1H3,(H,30,31). The second-order valence-electron chi connectivity index (χ2n) is 7.62. The number of rotatable bonds is 6. The lowest BCUT2D eigenvalue weighted by molar-refractivity contribution is -0.138. The fraction of sp³-hybridized carbons (Fsp3) is 0.250. The third kappa shape index (κ3) is 5.09. The van der Waals surface area contributed by atoms with Crippen molar-refractivity contribution in [2.75, 3.05) is 31.2 Å². The third-order valence-corrected chi connectivity index (χ3v) is 5.27. The van der Waals surface area contributed by atoms with Crippen LogP contribution in [0.5, 0.6) is 11.5 Å². The van der Waals surface area contributed by atoms with Crippen LogP contribution in [0, 0.1) is 18.3 Å². The smallest absolute Gasteiger partial charge is 0.325 e. The van der Waals surface area contributed by atoms with Crippen molar-refractivity contribution < 1.29 is 19.4 Å². The first-order valence-corrected chi connectivity index (χ1v) is 10.4. The number of carboxylic acid groups (broad SMARTS) is 1. The number of nitriles is 1. The molecule has 9 nitrogen and oxygen atoms in total. The van der Waals surface area contributed by atoms with E-state index in [1.54, 1.807) is 30.3 Å². The average Bonchev–Trinajstić information content (AvgIpc) is 2.84. The molecule has 1 aromatic carbocycles. The number of aryl methyl sites for hydroxylation is 1. The molecular weight excluding hydrogens is 422 g/mol. The summed E-state index contributed by atoms with van der Waals surface area (Å²) in [4.78, 5) is 22.3. The van der Waals surface area contributed by atoms with E-state index in [1.165, 1.54) is 6.20 Å². The number of ether oxygens (including phenoxy) is 2. The van der Waals surface area contributed by atoms with Crippen LogP contribution in [0.4, 0.5) is 5.82 Å². The summed E-state index contributed by atoms with van der Waals surface area (Å²) in [6.07, 6.45) is 1.43. The number of pyridine rings is 2. The molecule has 3 aromatic rings. The van der Waals surface area contributed by atoms with Crippen LogP contribution in [0.1, 0.15) is 22.9 Å². The quantitative estimate of drug-likeness (QED) is 0.587. The lowest BCUT2D eigenvalue weighted by atomic mass is 10.0. The van der Waals surface area contributed by atoms with Gasteiger partial charge in [0.1, 0.15) is 23.4 Å². The fourth-order valence-electron chi connectivity index (χ4n) is 3.54. The van der Waals surface area contributed by atoms with Crippen molar-refractivity contribution in [1.82, 2.24) is 9.97 Å². The summed E-state index contributed by atoms with van der Waals surface area (Å²) in [5.41, 5.74) is 8.53. The van der Waals surface area contributed by atoms with E-state index in [-0.39, 0.29) is 0 Å². The zero-order valence-electron chi connectivity index (χ0n) is 18.1. The van der Waals surface area contributed by atoms with E-state index in [9.17, 15) is 10.1 Å². The van der Waals surface area contributed by atoms with Crippen LogP contribution in [0.3, 0.4) is 0 Å². The van der Waals surface area contributed by atoms with Gasteiger partial charge in [0, 0.05) is 42.7 Å². The summed E-state index contributed by atoms with van der Waals surface area (Å²) in [7, 11) is 0. The molecule has 0 spiro atoms. The summed E-state index contributed by atoms with van der Waals surface area (Å²) >= 11 is 0. The van der Waals surface area contributed by atoms with Crippen molar-refractivity contribution in [3.8, 4) is 28.8 Å². The summed E-state index contributed by atoms with van der Waals surface area (Å²) in [5.74, 6) is 0.715. The van der Waals surface area contributed by atoms with E-state index in [1.807, 2.05) is 19.1 Å². The van der Waals surface area contributed by atoms with Gasteiger partial charge in [-0.1, -0.05) is 6.07 Å². The minimum Gasteiger partial charge on any atom is -0.480 e. The number of carboxylic acids is 1. The van der Waals surface area contributed by atoms with Crippen molar-refractivity contribution >= 4 is 11.8 Å². The van der Waals surface area contributed by atoms with Crippen molar-refractivity contribution in [3.63, 3.8) is 0 Å². The molecule has 4 rings (SSSR count). The van der Waals surface area contributed by atoms with Crippen molar-refractivity contribution in [3.05, 3.63) is 65.5 Å². The maximum Gasteiger partial charge on any atom is 0.325 e. The predicted molar refractivity (Wildman–Crippen MR) is 121 cm³/mol. The molecule has 1 atom stereocenters. The van der Waals surface area contributed by atoms with Crippen LogP contribution < -0.4 is 15.4 Å². The third-order valence-electron chi connectivity index (χ3n) is 5.27. The van der Waals surface area contributed by atoms with Gasteiger partial charge in [-0.3, -0.25) is 9.78 Å². The monoisotopic (exact) mass is 445 g/mol. The van der Waals surface area contributed by atoms with E-state index in [0.29, 0.717) is 47.1 Å². The van der Waals surface area contributed by atoms with E-state index < -0.39 is 12.0 Å². The molecule has 0 amide bonds. The molecule has 1 fully saturated rings. The molecule has 3 heterocycles. The van der Waals surface area contributed by atoms with E-state index >= 15 is 0 Å². The highest BCUT2D eigenvalue weighted by Crippen LogP contribution is 2.35. The Morgan fingerprint density at radius 1 is 1.24 bits per heavy atom. The number of benzene rings is 1. The van der Waals surface area contributed by atoms with Gasteiger partial charge in [-0.05, 0) is 36.8 Å². The molecule has 0 aliphatic carbocycles. The topological polar surface area (TPSA) is 135 Å². The second-order valence-corrected chi connectivity index (χ2v) is 7.62. The Hall–Kier alpha value is -4.00. The Bertz CT molecular complexity index is 1200. The second kappa shape index (κ2) is 9.65. The maximum absolute atomic E-state index is 11.1. The number of nitrogens with two attached hydrogens (primary N) is 1. The Morgan fingerprint density at radius 3 is 2.70 bits per heavy atom. The number of anilines is 1. The molecule has 1 aliphatic heterocycles. The molecule has 1 aliphatic rings. The number of carbonyl (C=O) groups is 1. The lowest BCUT2D eigenvalue weighted by Gasteiger charge is -2.28. The summed E-state index contributed by atoms with van der Waals surface area (Å²) < 4.78 is 11.7. The van der Waals surface area contributed by atoms with Crippen LogP contribution in [0.15, 0.2) is 48.7 Å². The summed E-state index contributed by atoms with van der Waals surface area (Å²) in [5, 5.41) is 18.5. The maximum atomic E-state index is 11.1. The predicted octanol–water partition coefficient (Wildman–Crippen LogP) is 3.04. The van der Waals surface area contributed by atoms with Crippen LogP contribution >= 0.6 is 0 Å². The van der Waals surface area contributed by atoms with Crippen LogP contribution in [-0.2, 0) is 9.53 Å². The Kier molecular flexibility index (Phi) is 6.49. The first-order chi connectivity index (χ1) is 15.9. The molecule has 3 N–H and O–H groups in total. The highest BCUT2D eigenvalue weighted by Gasteiger charge is 2.18. The van der Waals surface area contributed by atoms with Crippen LogP contribution in [0.2, 0.25) is 0 Å². The molecule has 1 unspecified atom stereocenters. The van der Waals surface area contributed by atoms with Gasteiger partial charge in [-0.15, -0.1) is 0 Å². The highest BCUT2D eigenvalue weighted by atomic mass is 16.5. The SMILES string of the molecule is Cc1cc(Oc2cc(C#N)ccc2-c2ccc(C(N)C(=O)O)cn2)cc(N2CCOCC2)n1. The number of morpholine rings is 1. The molecule has 2 aromatic heterocycles. The van der Waals surface area contributed by atoms with Crippen LogP contribution in [0.25, 0.3) is 11.3 Å². The van der Waals surface area contributed by atoms with E-state index in [0.717, 1.165) is 24.6 Å². The number of aromatic nitrogens is 2. The molecule has 1 saturated heterocycles. The van der Waals surface area contributed by atoms with Crippen LogP contribution in [-0.4, -0.2) is 47.3 Å².